The Kier molecular flexibility index (Phi) is 4.79. The second-order valence-corrected chi connectivity index (χ2v) is 5.42. The molecule has 1 heterocycles. The van der Waals surface area contributed by atoms with Crippen LogP contribution in [0.5, 0.6) is 0 Å². The van der Waals surface area contributed by atoms with Crippen LogP contribution < -0.4 is 5.32 Å². The number of aryl methyl sites for hydroxylation is 1. The molecule has 106 valence electrons. The van der Waals surface area contributed by atoms with Crippen LogP contribution in [0, 0.1) is 6.92 Å². The van der Waals surface area contributed by atoms with Crippen molar-refractivity contribution >= 4 is 17.7 Å². The number of aromatic nitrogens is 3. The van der Waals surface area contributed by atoms with Crippen molar-refractivity contribution in [2.75, 3.05) is 12.3 Å². The van der Waals surface area contributed by atoms with Crippen LogP contribution in [-0.2, 0) is 11.8 Å². The zero-order chi connectivity index (χ0) is 14.5. The highest BCUT2D eigenvalue weighted by atomic mass is 32.2. The second-order valence-electron chi connectivity index (χ2n) is 4.48. The summed E-state index contributed by atoms with van der Waals surface area (Å²) < 4.78 is 1.92. The molecule has 0 atom stereocenters. The standard InChI is InChI=1S/C14H18N4OS/c1-4-15-12(19)9-20-14-17-16-13(18(14)3)11-7-5-6-10(2)8-11/h5-8H,4,9H2,1-3H3,(H,15,19). The summed E-state index contributed by atoms with van der Waals surface area (Å²) in [6, 6.07) is 8.13. The maximum absolute atomic E-state index is 11.5. The molecule has 0 unspecified atom stereocenters. The van der Waals surface area contributed by atoms with Crippen LogP contribution in [-0.4, -0.2) is 33.0 Å². The van der Waals surface area contributed by atoms with Crippen molar-refractivity contribution < 1.29 is 4.79 Å². The Morgan fingerprint density at radius 3 is 2.90 bits per heavy atom. The number of amides is 1. The highest BCUT2D eigenvalue weighted by Gasteiger charge is 2.12. The van der Waals surface area contributed by atoms with Gasteiger partial charge in [0.1, 0.15) is 0 Å². The molecular formula is C14H18N4OS. The number of carbonyl (C=O) groups excluding carboxylic acids is 1. The SMILES string of the molecule is CCNC(=O)CSc1nnc(-c2cccc(C)c2)n1C. The molecule has 2 rings (SSSR count). The lowest BCUT2D eigenvalue weighted by Gasteiger charge is -2.04. The first-order valence-electron chi connectivity index (χ1n) is 6.47. The normalized spacial score (nSPS) is 10.6. The van der Waals surface area contributed by atoms with Gasteiger partial charge in [-0.25, -0.2) is 0 Å². The summed E-state index contributed by atoms with van der Waals surface area (Å²) in [5, 5.41) is 11.9. The van der Waals surface area contributed by atoms with Crippen LogP contribution in [0.2, 0.25) is 0 Å². The average Bonchev–Trinajstić information content (AvgIpc) is 2.78. The van der Waals surface area contributed by atoms with Crippen molar-refractivity contribution in [3.05, 3.63) is 29.8 Å². The highest BCUT2D eigenvalue weighted by molar-refractivity contribution is 7.99. The Balaban J connectivity index is 2.13. The molecule has 2 aromatic rings. The van der Waals surface area contributed by atoms with Crippen LogP contribution in [0.1, 0.15) is 12.5 Å². The molecule has 0 saturated carbocycles. The molecule has 0 saturated heterocycles. The zero-order valence-electron chi connectivity index (χ0n) is 11.9. The van der Waals surface area contributed by atoms with Crippen molar-refractivity contribution in [2.24, 2.45) is 7.05 Å². The molecular weight excluding hydrogens is 272 g/mol. The van der Waals surface area contributed by atoms with Gasteiger partial charge in [-0.05, 0) is 19.9 Å². The van der Waals surface area contributed by atoms with E-state index >= 15 is 0 Å². The molecule has 0 radical (unpaired) electrons. The molecule has 6 heteroatoms. The Hall–Kier alpha value is -1.82. The van der Waals surface area contributed by atoms with E-state index in [2.05, 4.69) is 21.6 Å². The van der Waals surface area contributed by atoms with Crippen LogP contribution in [0.15, 0.2) is 29.4 Å². The van der Waals surface area contributed by atoms with Gasteiger partial charge in [-0.1, -0.05) is 35.5 Å². The average molecular weight is 290 g/mol. The summed E-state index contributed by atoms with van der Waals surface area (Å²) in [6.07, 6.45) is 0. The van der Waals surface area contributed by atoms with E-state index in [1.54, 1.807) is 0 Å². The molecule has 0 aliphatic carbocycles. The quantitative estimate of drug-likeness (QED) is 0.856. The van der Waals surface area contributed by atoms with Gasteiger partial charge in [0.05, 0.1) is 5.75 Å². The van der Waals surface area contributed by atoms with Crippen LogP contribution >= 0.6 is 11.8 Å². The Morgan fingerprint density at radius 2 is 2.20 bits per heavy atom. The van der Waals surface area contributed by atoms with Gasteiger partial charge in [0.25, 0.3) is 0 Å². The maximum atomic E-state index is 11.5. The van der Waals surface area contributed by atoms with Crippen LogP contribution in [0.25, 0.3) is 11.4 Å². The van der Waals surface area contributed by atoms with E-state index in [0.717, 1.165) is 16.5 Å². The number of nitrogens with one attached hydrogen (secondary N) is 1. The van der Waals surface area contributed by atoms with E-state index in [-0.39, 0.29) is 5.91 Å². The molecule has 0 aliphatic heterocycles. The maximum Gasteiger partial charge on any atom is 0.230 e. The Morgan fingerprint density at radius 1 is 1.40 bits per heavy atom. The predicted octanol–water partition coefficient (Wildman–Crippen LogP) is 2.02. The van der Waals surface area contributed by atoms with Gasteiger partial charge >= 0.3 is 0 Å². The monoisotopic (exact) mass is 290 g/mol. The third-order valence-corrected chi connectivity index (χ3v) is 3.84. The molecule has 0 bridgehead atoms. The first-order chi connectivity index (χ1) is 9.61. The lowest BCUT2D eigenvalue weighted by molar-refractivity contribution is -0.118. The summed E-state index contributed by atoms with van der Waals surface area (Å²) in [4.78, 5) is 11.5. The summed E-state index contributed by atoms with van der Waals surface area (Å²) in [6.45, 7) is 4.60. The number of carbonyl (C=O) groups is 1. The van der Waals surface area contributed by atoms with Crippen molar-refractivity contribution in [2.45, 2.75) is 19.0 Å². The minimum Gasteiger partial charge on any atom is -0.356 e. The van der Waals surface area contributed by atoms with Crippen LogP contribution in [0.4, 0.5) is 0 Å². The van der Waals surface area contributed by atoms with Crippen molar-refractivity contribution in [1.29, 1.82) is 0 Å². The predicted molar refractivity (Wildman–Crippen MR) is 80.6 cm³/mol. The zero-order valence-corrected chi connectivity index (χ0v) is 12.7. The van der Waals surface area contributed by atoms with E-state index in [1.165, 1.54) is 17.3 Å². The van der Waals surface area contributed by atoms with E-state index in [9.17, 15) is 4.79 Å². The van der Waals surface area contributed by atoms with Crippen molar-refractivity contribution in [3.8, 4) is 11.4 Å². The molecule has 0 fully saturated rings. The van der Waals surface area contributed by atoms with E-state index in [4.69, 9.17) is 0 Å². The minimum absolute atomic E-state index is 0.0117. The summed E-state index contributed by atoms with van der Waals surface area (Å²) in [7, 11) is 1.91. The number of hydrogen-bond donors (Lipinski definition) is 1. The van der Waals surface area contributed by atoms with Gasteiger partial charge in [-0.3, -0.25) is 4.79 Å². The van der Waals surface area contributed by atoms with Gasteiger partial charge in [0.2, 0.25) is 5.91 Å². The topological polar surface area (TPSA) is 59.8 Å². The summed E-state index contributed by atoms with van der Waals surface area (Å²) in [5.74, 6) is 1.18. The molecule has 1 aromatic carbocycles. The molecule has 1 N–H and O–H groups in total. The number of nitrogens with zero attached hydrogens (tertiary/aromatic N) is 3. The summed E-state index contributed by atoms with van der Waals surface area (Å²) >= 11 is 1.39. The molecule has 1 aromatic heterocycles. The number of benzene rings is 1. The summed E-state index contributed by atoms with van der Waals surface area (Å²) in [5.41, 5.74) is 2.21. The van der Waals surface area contributed by atoms with E-state index in [0.29, 0.717) is 12.3 Å². The van der Waals surface area contributed by atoms with Gasteiger partial charge in [0, 0.05) is 19.2 Å². The highest BCUT2D eigenvalue weighted by Crippen LogP contribution is 2.22. The number of thioether (sulfide) groups is 1. The third-order valence-electron chi connectivity index (χ3n) is 2.82. The second kappa shape index (κ2) is 6.56. The fourth-order valence-corrected chi connectivity index (χ4v) is 2.60. The fourth-order valence-electron chi connectivity index (χ4n) is 1.85. The smallest absolute Gasteiger partial charge is 0.230 e. The number of hydrogen-bond acceptors (Lipinski definition) is 4. The van der Waals surface area contributed by atoms with Gasteiger partial charge in [-0.2, -0.15) is 0 Å². The molecule has 1 amide bonds. The van der Waals surface area contributed by atoms with Gasteiger partial charge < -0.3 is 9.88 Å². The Bertz CT molecular complexity index is 609. The van der Waals surface area contributed by atoms with E-state index < -0.39 is 0 Å². The number of rotatable bonds is 5. The third kappa shape index (κ3) is 3.39. The van der Waals surface area contributed by atoms with Gasteiger partial charge in [-0.15, -0.1) is 10.2 Å². The fraction of sp³-hybridized carbons (Fsp3) is 0.357. The first kappa shape index (κ1) is 14.6. The van der Waals surface area contributed by atoms with E-state index in [1.807, 2.05) is 43.7 Å². The van der Waals surface area contributed by atoms with Crippen molar-refractivity contribution in [3.63, 3.8) is 0 Å². The lowest BCUT2D eigenvalue weighted by atomic mass is 10.1. The minimum atomic E-state index is 0.0117. The first-order valence-corrected chi connectivity index (χ1v) is 7.46. The largest absolute Gasteiger partial charge is 0.356 e. The molecule has 0 aliphatic rings. The van der Waals surface area contributed by atoms with Crippen molar-refractivity contribution in [1.82, 2.24) is 20.1 Å². The molecule has 20 heavy (non-hydrogen) atoms. The molecule has 0 spiro atoms. The van der Waals surface area contributed by atoms with Gasteiger partial charge in [0.15, 0.2) is 11.0 Å². The van der Waals surface area contributed by atoms with Crippen LogP contribution in [0.3, 0.4) is 0 Å². The lowest BCUT2D eigenvalue weighted by Crippen LogP contribution is -2.24. The Labute approximate surface area is 122 Å². The molecule has 5 nitrogen and oxygen atoms in total.